The molecule has 1 heteroatoms. The molecular formula is C18H39Al. The molecule has 0 saturated heterocycles. The molecule has 0 aliphatic carbocycles. The van der Waals surface area contributed by atoms with Crippen molar-refractivity contribution in [2.24, 2.45) is 10.8 Å². The average Bonchev–Trinajstić information content (AvgIpc) is 2.49. The van der Waals surface area contributed by atoms with Crippen LogP contribution in [0.5, 0.6) is 0 Å². The quantitative estimate of drug-likeness (QED) is 0.360. The molecule has 0 amide bonds. The van der Waals surface area contributed by atoms with E-state index in [0.29, 0.717) is 10.8 Å². The molecule has 0 aliphatic heterocycles. The minimum absolute atomic E-state index is 0.569. The first-order valence-electron chi connectivity index (χ1n) is 9.00. The zero-order chi connectivity index (χ0) is 14.9. The summed E-state index contributed by atoms with van der Waals surface area (Å²) in [6, 6.07) is 0. The third kappa shape index (κ3) is 5.43. The van der Waals surface area contributed by atoms with E-state index in [9.17, 15) is 0 Å². The standard InChI is InChI=1S/2C8H17.C2H5.Al/c2*1-5-8(4,6-2)7-3;1-2;/h2*4-7H2,1-3H3;1H2,2H3;. The fourth-order valence-electron chi connectivity index (χ4n) is 3.95. The van der Waals surface area contributed by atoms with E-state index in [-0.39, 0.29) is 0 Å². The first kappa shape index (κ1) is 19.5. The van der Waals surface area contributed by atoms with Crippen LogP contribution in [0.1, 0.15) is 87.0 Å². The van der Waals surface area contributed by atoms with Gasteiger partial charge in [0.2, 0.25) is 0 Å². The minimum Gasteiger partial charge on any atom is -0.0967 e. The number of rotatable bonds is 11. The van der Waals surface area contributed by atoms with Gasteiger partial charge in [-0.05, 0) is 10.8 Å². The van der Waals surface area contributed by atoms with Crippen molar-refractivity contribution in [1.82, 2.24) is 0 Å². The molecule has 0 unspecified atom stereocenters. The summed E-state index contributed by atoms with van der Waals surface area (Å²) in [5, 5.41) is 4.69. The van der Waals surface area contributed by atoms with Crippen LogP contribution in [0.3, 0.4) is 0 Å². The van der Waals surface area contributed by atoms with E-state index in [1.165, 1.54) is 43.8 Å². The second-order valence-electron chi connectivity index (χ2n) is 6.80. The van der Waals surface area contributed by atoms with Crippen LogP contribution in [-0.2, 0) is 0 Å². The Morgan fingerprint density at radius 1 is 0.526 bits per heavy atom. The maximum absolute atomic E-state index is 2.47. The molecule has 0 rings (SSSR count). The van der Waals surface area contributed by atoms with Gasteiger partial charge in [0.15, 0.2) is 0 Å². The van der Waals surface area contributed by atoms with Gasteiger partial charge < -0.3 is 0 Å². The summed E-state index contributed by atoms with van der Waals surface area (Å²) in [6.07, 6.45) is 8.34. The van der Waals surface area contributed by atoms with Gasteiger partial charge in [-0.1, -0.05) is 103 Å². The van der Waals surface area contributed by atoms with E-state index in [1.54, 1.807) is 10.6 Å². The maximum Gasteiger partial charge on any atom is 0.262 e. The Hall–Kier alpha value is 0.532. The summed E-state index contributed by atoms with van der Waals surface area (Å²) in [5.74, 6) is 0. The van der Waals surface area contributed by atoms with Crippen LogP contribution in [0.2, 0.25) is 15.8 Å². The molecule has 0 spiro atoms. The summed E-state index contributed by atoms with van der Waals surface area (Å²) >= 11 is -0.569. The van der Waals surface area contributed by atoms with Gasteiger partial charge in [-0.3, -0.25) is 0 Å². The van der Waals surface area contributed by atoms with Crippen molar-refractivity contribution in [2.45, 2.75) is 103 Å². The van der Waals surface area contributed by atoms with Gasteiger partial charge in [0, 0.05) is 0 Å². The Morgan fingerprint density at radius 2 is 0.789 bits per heavy atom. The molecule has 0 aromatic rings. The van der Waals surface area contributed by atoms with Crippen LogP contribution in [-0.4, -0.2) is 14.1 Å². The van der Waals surface area contributed by atoms with Crippen molar-refractivity contribution < 1.29 is 0 Å². The summed E-state index contributed by atoms with van der Waals surface area (Å²) < 4.78 is 0. The van der Waals surface area contributed by atoms with Crippen molar-refractivity contribution in [3.05, 3.63) is 0 Å². The van der Waals surface area contributed by atoms with E-state index in [4.69, 9.17) is 0 Å². The highest BCUT2D eigenvalue weighted by Gasteiger charge is 2.35. The van der Waals surface area contributed by atoms with Crippen molar-refractivity contribution >= 4 is 14.1 Å². The molecule has 0 saturated carbocycles. The highest BCUT2D eigenvalue weighted by atomic mass is 27.2. The molecule has 0 heterocycles. The van der Waals surface area contributed by atoms with Crippen molar-refractivity contribution in [3.8, 4) is 0 Å². The number of hydrogen-bond acceptors (Lipinski definition) is 0. The zero-order valence-corrected chi connectivity index (χ0v) is 16.1. The summed E-state index contributed by atoms with van der Waals surface area (Å²) in [7, 11) is 0. The van der Waals surface area contributed by atoms with E-state index in [1.807, 2.05) is 0 Å². The highest BCUT2D eigenvalue weighted by Crippen LogP contribution is 2.42. The Morgan fingerprint density at radius 3 is 0.947 bits per heavy atom. The zero-order valence-electron chi connectivity index (χ0n) is 14.9. The van der Waals surface area contributed by atoms with E-state index >= 15 is 0 Å². The highest BCUT2D eigenvalue weighted by molar-refractivity contribution is 6.59. The lowest BCUT2D eigenvalue weighted by atomic mass is 9.81. The largest absolute Gasteiger partial charge is 0.262 e. The molecule has 0 nitrogen and oxygen atoms in total. The second kappa shape index (κ2) is 9.47. The molecule has 0 radical (unpaired) electrons. The molecule has 0 aromatic heterocycles. The third-order valence-electron chi connectivity index (χ3n) is 6.52. The Balaban J connectivity index is 4.83. The third-order valence-corrected chi connectivity index (χ3v) is 10.6. The van der Waals surface area contributed by atoms with Gasteiger partial charge in [0.1, 0.15) is 0 Å². The van der Waals surface area contributed by atoms with Crippen molar-refractivity contribution in [2.75, 3.05) is 0 Å². The predicted molar refractivity (Wildman–Crippen MR) is 92.5 cm³/mol. The topological polar surface area (TPSA) is 0 Å². The van der Waals surface area contributed by atoms with Crippen LogP contribution >= 0.6 is 0 Å². The Labute approximate surface area is 128 Å². The fraction of sp³-hybridized carbons (Fsp3) is 1.00. The van der Waals surface area contributed by atoms with Gasteiger partial charge in [-0.15, -0.1) is 0 Å². The molecule has 0 atom stereocenters. The summed E-state index contributed by atoms with van der Waals surface area (Å²) in [6.45, 7) is 17.0. The van der Waals surface area contributed by atoms with Gasteiger partial charge in [0.25, 0.3) is 14.1 Å². The van der Waals surface area contributed by atoms with Crippen molar-refractivity contribution in [3.63, 3.8) is 0 Å². The fourth-order valence-corrected chi connectivity index (χ4v) is 8.85. The van der Waals surface area contributed by atoms with Crippen LogP contribution in [0, 0.1) is 10.8 Å². The van der Waals surface area contributed by atoms with Crippen LogP contribution in [0.4, 0.5) is 0 Å². The first-order valence-corrected chi connectivity index (χ1v) is 11.5. The predicted octanol–water partition coefficient (Wildman–Crippen LogP) is 6.93. The molecule has 0 aliphatic rings. The first-order chi connectivity index (χ1) is 9.00. The SMILES string of the molecule is C[CH2][Al]([CH2]C(CC)(CC)CC)[CH2]C(CC)(CC)CC. The lowest BCUT2D eigenvalue weighted by Gasteiger charge is -2.38. The molecule has 0 aromatic carbocycles. The number of hydrogen-bond donors (Lipinski definition) is 0. The van der Waals surface area contributed by atoms with Gasteiger partial charge in [0.05, 0.1) is 0 Å². The normalized spacial score (nSPS) is 12.8. The molecule has 0 bridgehead atoms. The van der Waals surface area contributed by atoms with Gasteiger partial charge in [-0.2, -0.15) is 0 Å². The van der Waals surface area contributed by atoms with E-state index in [2.05, 4.69) is 48.5 Å². The lowest BCUT2D eigenvalue weighted by molar-refractivity contribution is 0.266. The Kier molecular flexibility index (Phi) is 9.73. The van der Waals surface area contributed by atoms with Crippen LogP contribution in [0.15, 0.2) is 0 Å². The average molecular weight is 282 g/mol. The molecule has 0 fully saturated rings. The molecular weight excluding hydrogens is 243 g/mol. The monoisotopic (exact) mass is 282 g/mol. The van der Waals surface area contributed by atoms with Gasteiger partial charge >= 0.3 is 0 Å². The molecule has 0 N–H and O–H groups in total. The Bertz CT molecular complexity index is 175. The van der Waals surface area contributed by atoms with E-state index < -0.39 is 14.1 Å². The molecule has 19 heavy (non-hydrogen) atoms. The molecule has 114 valence electrons. The van der Waals surface area contributed by atoms with Crippen LogP contribution in [0.25, 0.3) is 0 Å². The van der Waals surface area contributed by atoms with Gasteiger partial charge in [-0.25, -0.2) is 0 Å². The minimum atomic E-state index is -0.569. The van der Waals surface area contributed by atoms with Crippen molar-refractivity contribution in [1.29, 1.82) is 0 Å². The lowest BCUT2D eigenvalue weighted by Crippen LogP contribution is -2.32. The van der Waals surface area contributed by atoms with Crippen LogP contribution < -0.4 is 0 Å². The summed E-state index contributed by atoms with van der Waals surface area (Å²) in [4.78, 5) is 0. The maximum atomic E-state index is 2.47. The summed E-state index contributed by atoms with van der Waals surface area (Å²) in [5.41, 5.74) is 1.35. The smallest absolute Gasteiger partial charge is 0.0967 e. The van der Waals surface area contributed by atoms with E-state index in [0.717, 1.165) is 0 Å². The second-order valence-corrected chi connectivity index (χ2v) is 10.2.